The third-order valence-electron chi connectivity index (χ3n) is 2.20. The fraction of sp³-hybridized carbons (Fsp3) is 0.417. The number of hydrogen-bond donors (Lipinski definition) is 0. The number of ether oxygens (including phenoxy) is 1. The topological polar surface area (TPSA) is 26.3 Å². The van der Waals surface area contributed by atoms with E-state index in [-0.39, 0.29) is 18.0 Å². The molecule has 2 nitrogen and oxygen atoms in total. The molecule has 0 heterocycles. The molecular formula is C12H14ClFO2. The second kappa shape index (κ2) is 6.61. The maximum atomic E-state index is 12.9. The van der Waals surface area contributed by atoms with E-state index in [0.29, 0.717) is 30.0 Å². The van der Waals surface area contributed by atoms with Gasteiger partial charge >= 0.3 is 0 Å². The Hall–Kier alpha value is -0.930. The Morgan fingerprint density at radius 2 is 2.25 bits per heavy atom. The Balaban J connectivity index is 2.52. The normalized spacial score (nSPS) is 10.4. The number of carbonyl (C=O) groups is 1. The minimum absolute atomic E-state index is 0.0459. The number of benzene rings is 1. The highest BCUT2D eigenvalue weighted by Crippen LogP contribution is 2.18. The van der Waals surface area contributed by atoms with Crippen LogP contribution in [-0.2, 0) is 16.0 Å². The van der Waals surface area contributed by atoms with Gasteiger partial charge in [-0.1, -0.05) is 11.6 Å². The van der Waals surface area contributed by atoms with Crippen LogP contribution in [0.25, 0.3) is 0 Å². The molecule has 0 aromatic heterocycles. The Morgan fingerprint density at radius 3 is 2.94 bits per heavy atom. The van der Waals surface area contributed by atoms with E-state index in [9.17, 15) is 9.18 Å². The Kier molecular flexibility index (Phi) is 5.43. The summed E-state index contributed by atoms with van der Waals surface area (Å²) in [6.07, 6.45) is 1.29. The van der Waals surface area contributed by atoms with Gasteiger partial charge in [0.05, 0.1) is 0 Å². The second-order valence-corrected chi connectivity index (χ2v) is 3.95. The van der Waals surface area contributed by atoms with E-state index in [1.807, 2.05) is 0 Å². The number of rotatable bonds is 6. The quantitative estimate of drug-likeness (QED) is 0.719. The maximum Gasteiger partial charge on any atom is 0.137 e. The van der Waals surface area contributed by atoms with Gasteiger partial charge in [-0.15, -0.1) is 0 Å². The number of carbonyl (C=O) groups excluding carboxylic acids is 1. The zero-order valence-corrected chi connectivity index (χ0v) is 9.89. The molecule has 88 valence electrons. The highest BCUT2D eigenvalue weighted by Gasteiger charge is 2.08. The summed E-state index contributed by atoms with van der Waals surface area (Å²) in [5.74, 6) is -0.325. The van der Waals surface area contributed by atoms with Crippen LogP contribution in [0.15, 0.2) is 18.2 Å². The fourth-order valence-electron chi connectivity index (χ4n) is 1.39. The van der Waals surface area contributed by atoms with E-state index in [0.717, 1.165) is 0 Å². The first kappa shape index (κ1) is 13.1. The molecule has 0 amide bonds. The molecule has 0 unspecified atom stereocenters. The molecule has 0 fully saturated rings. The van der Waals surface area contributed by atoms with Crippen molar-refractivity contribution in [1.82, 2.24) is 0 Å². The molecular weight excluding hydrogens is 231 g/mol. The van der Waals surface area contributed by atoms with Gasteiger partial charge in [0.25, 0.3) is 0 Å². The highest BCUT2D eigenvalue weighted by atomic mass is 35.5. The third-order valence-corrected chi connectivity index (χ3v) is 2.57. The predicted octanol–water partition coefficient (Wildman–Crippen LogP) is 3.02. The average molecular weight is 245 g/mol. The van der Waals surface area contributed by atoms with Crippen LogP contribution in [-0.4, -0.2) is 19.5 Å². The SMILES string of the molecule is COCCCC(=O)Cc1cc(F)ccc1Cl. The molecule has 0 spiro atoms. The van der Waals surface area contributed by atoms with Crippen molar-refractivity contribution < 1.29 is 13.9 Å². The third kappa shape index (κ3) is 4.29. The van der Waals surface area contributed by atoms with Gasteiger partial charge in [0, 0.05) is 31.6 Å². The van der Waals surface area contributed by atoms with Crippen LogP contribution < -0.4 is 0 Å². The van der Waals surface area contributed by atoms with Crippen LogP contribution in [0.3, 0.4) is 0 Å². The summed E-state index contributed by atoms with van der Waals surface area (Å²) in [4.78, 5) is 11.5. The zero-order chi connectivity index (χ0) is 12.0. The average Bonchev–Trinajstić information content (AvgIpc) is 2.24. The molecule has 0 saturated heterocycles. The molecule has 16 heavy (non-hydrogen) atoms. The number of hydrogen-bond acceptors (Lipinski definition) is 2. The number of Topliss-reactive ketones (excluding diaryl/α,β-unsaturated/α-hetero) is 1. The van der Waals surface area contributed by atoms with Crippen molar-refractivity contribution >= 4 is 17.4 Å². The molecule has 1 aromatic rings. The van der Waals surface area contributed by atoms with E-state index in [1.165, 1.54) is 18.2 Å². The summed E-state index contributed by atoms with van der Waals surface area (Å²) in [7, 11) is 1.59. The first-order valence-corrected chi connectivity index (χ1v) is 5.46. The lowest BCUT2D eigenvalue weighted by atomic mass is 10.1. The minimum Gasteiger partial charge on any atom is -0.385 e. The Bertz CT molecular complexity index is 366. The van der Waals surface area contributed by atoms with Crippen molar-refractivity contribution in [3.8, 4) is 0 Å². The van der Waals surface area contributed by atoms with Crippen LogP contribution in [0.2, 0.25) is 5.02 Å². The minimum atomic E-state index is -0.371. The van der Waals surface area contributed by atoms with Crippen LogP contribution in [0.1, 0.15) is 18.4 Å². The van der Waals surface area contributed by atoms with Crippen molar-refractivity contribution in [3.63, 3.8) is 0 Å². The van der Waals surface area contributed by atoms with E-state index in [1.54, 1.807) is 7.11 Å². The van der Waals surface area contributed by atoms with E-state index >= 15 is 0 Å². The molecule has 0 bridgehead atoms. The predicted molar refractivity (Wildman–Crippen MR) is 61.2 cm³/mol. The zero-order valence-electron chi connectivity index (χ0n) is 9.13. The van der Waals surface area contributed by atoms with Crippen LogP contribution in [0.5, 0.6) is 0 Å². The smallest absolute Gasteiger partial charge is 0.137 e. The molecule has 0 saturated carbocycles. The van der Waals surface area contributed by atoms with Gasteiger partial charge in [0.15, 0.2) is 0 Å². The molecule has 1 rings (SSSR count). The molecule has 0 radical (unpaired) electrons. The number of methoxy groups -OCH3 is 1. The Morgan fingerprint density at radius 1 is 1.50 bits per heavy atom. The molecule has 0 aliphatic rings. The molecule has 4 heteroatoms. The number of ketones is 1. The van der Waals surface area contributed by atoms with Gasteiger partial charge in [-0.05, 0) is 30.2 Å². The van der Waals surface area contributed by atoms with Gasteiger partial charge < -0.3 is 4.74 Å². The largest absolute Gasteiger partial charge is 0.385 e. The van der Waals surface area contributed by atoms with Crippen LogP contribution >= 0.6 is 11.6 Å². The van der Waals surface area contributed by atoms with Crippen LogP contribution in [0, 0.1) is 5.82 Å². The lowest BCUT2D eigenvalue weighted by Gasteiger charge is -2.04. The second-order valence-electron chi connectivity index (χ2n) is 3.55. The summed E-state index contributed by atoms with van der Waals surface area (Å²) < 4.78 is 17.8. The molecule has 0 atom stereocenters. The standard InChI is InChI=1S/C12H14ClFO2/c1-16-6-2-3-11(15)8-9-7-10(14)4-5-12(9)13/h4-5,7H,2-3,6,8H2,1H3. The van der Waals surface area contributed by atoms with E-state index < -0.39 is 0 Å². The number of halogens is 2. The van der Waals surface area contributed by atoms with Gasteiger partial charge in [-0.25, -0.2) is 4.39 Å². The lowest BCUT2D eigenvalue weighted by Crippen LogP contribution is -2.05. The van der Waals surface area contributed by atoms with Crippen molar-refractivity contribution in [2.75, 3.05) is 13.7 Å². The first-order valence-electron chi connectivity index (χ1n) is 5.08. The summed E-state index contributed by atoms with van der Waals surface area (Å²) in [5, 5.41) is 0.432. The summed E-state index contributed by atoms with van der Waals surface area (Å²) in [5.41, 5.74) is 0.545. The molecule has 0 aliphatic carbocycles. The van der Waals surface area contributed by atoms with Crippen LogP contribution in [0.4, 0.5) is 4.39 Å². The van der Waals surface area contributed by atoms with Gasteiger partial charge in [0.2, 0.25) is 0 Å². The molecule has 1 aromatic carbocycles. The molecule has 0 aliphatic heterocycles. The van der Waals surface area contributed by atoms with Crippen molar-refractivity contribution in [2.45, 2.75) is 19.3 Å². The van der Waals surface area contributed by atoms with Gasteiger partial charge in [0.1, 0.15) is 11.6 Å². The summed E-state index contributed by atoms with van der Waals surface area (Å²) >= 11 is 5.86. The van der Waals surface area contributed by atoms with Gasteiger partial charge in [-0.3, -0.25) is 4.79 Å². The van der Waals surface area contributed by atoms with E-state index in [2.05, 4.69) is 0 Å². The summed E-state index contributed by atoms with van der Waals surface area (Å²) in [6, 6.07) is 4.05. The fourth-order valence-corrected chi connectivity index (χ4v) is 1.58. The first-order chi connectivity index (χ1) is 7.63. The maximum absolute atomic E-state index is 12.9. The monoisotopic (exact) mass is 244 g/mol. The highest BCUT2D eigenvalue weighted by molar-refractivity contribution is 6.31. The molecule has 0 N–H and O–H groups in total. The van der Waals surface area contributed by atoms with Crippen molar-refractivity contribution in [3.05, 3.63) is 34.6 Å². The van der Waals surface area contributed by atoms with Crippen molar-refractivity contribution in [1.29, 1.82) is 0 Å². The van der Waals surface area contributed by atoms with Gasteiger partial charge in [-0.2, -0.15) is 0 Å². The van der Waals surface area contributed by atoms with E-state index in [4.69, 9.17) is 16.3 Å². The Labute approximate surface area is 99.4 Å². The summed E-state index contributed by atoms with van der Waals surface area (Å²) in [6.45, 7) is 0.558. The lowest BCUT2D eigenvalue weighted by molar-refractivity contribution is -0.118. The van der Waals surface area contributed by atoms with Crippen molar-refractivity contribution in [2.24, 2.45) is 0 Å².